The molecule has 3 aromatic carbocycles. The van der Waals surface area contributed by atoms with E-state index in [-0.39, 0.29) is 11.6 Å². The Morgan fingerprint density at radius 2 is 1.86 bits per heavy atom. The first-order valence-electron chi connectivity index (χ1n) is 10.7. The highest BCUT2D eigenvalue weighted by atomic mass is 35.5. The van der Waals surface area contributed by atoms with E-state index in [1.54, 1.807) is 55.0 Å². The highest BCUT2D eigenvalue weighted by Gasteiger charge is 2.10. The van der Waals surface area contributed by atoms with Gasteiger partial charge in [0, 0.05) is 34.2 Å². The van der Waals surface area contributed by atoms with Gasteiger partial charge in [-0.3, -0.25) is 20.2 Å². The third kappa shape index (κ3) is 6.47. The van der Waals surface area contributed by atoms with Crippen molar-refractivity contribution in [3.63, 3.8) is 0 Å². The number of ether oxygens (including phenoxy) is 2. The third-order valence-electron chi connectivity index (χ3n) is 5.03. The Morgan fingerprint density at radius 3 is 2.56 bits per heavy atom. The third-order valence-corrected chi connectivity index (χ3v) is 6.04. The number of thiazole rings is 1. The van der Waals surface area contributed by atoms with Crippen LogP contribution in [0.3, 0.4) is 0 Å². The average Bonchev–Trinajstić information content (AvgIpc) is 3.35. The number of nitrogens with one attached hydrogen (secondary N) is 1. The fourth-order valence-corrected chi connectivity index (χ4v) is 4.03. The molecule has 8 nitrogen and oxygen atoms in total. The zero-order chi connectivity index (χ0) is 25.5. The molecular formula is C26H20ClN3O5S. The van der Waals surface area contributed by atoms with Crippen LogP contribution in [0.15, 0.2) is 78.2 Å². The van der Waals surface area contributed by atoms with E-state index >= 15 is 0 Å². The zero-order valence-electron chi connectivity index (χ0n) is 19.0. The summed E-state index contributed by atoms with van der Waals surface area (Å²) in [5, 5.41) is 16.4. The largest absolute Gasteiger partial charge is 0.493 e. The number of methoxy groups -OCH3 is 1. The topological polar surface area (TPSA) is 104 Å². The first-order chi connectivity index (χ1) is 17.4. The number of nitro benzene ring substituents is 1. The number of hydrogen-bond donors (Lipinski definition) is 1. The van der Waals surface area contributed by atoms with E-state index in [9.17, 15) is 14.9 Å². The number of halogens is 1. The van der Waals surface area contributed by atoms with E-state index in [1.165, 1.54) is 29.5 Å². The van der Waals surface area contributed by atoms with Gasteiger partial charge in [0.2, 0.25) is 5.91 Å². The maximum Gasteiger partial charge on any atom is 0.269 e. The molecule has 0 bridgehead atoms. The van der Waals surface area contributed by atoms with E-state index in [2.05, 4.69) is 10.3 Å². The van der Waals surface area contributed by atoms with Crippen LogP contribution in [-0.2, 0) is 11.4 Å². The maximum atomic E-state index is 12.4. The highest BCUT2D eigenvalue weighted by molar-refractivity contribution is 7.14. The highest BCUT2D eigenvalue weighted by Crippen LogP contribution is 2.30. The van der Waals surface area contributed by atoms with Crippen molar-refractivity contribution in [2.24, 2.45) is 0 Å². The number of rotatable bonds is 9. The number of nitrogens with zero attached hydrogens (tertiary/aromatic N) is 2. The Morgan fingerprint density at radius 1 is 1.11 bits per heavy atom. The summed E-state index contributed by atoms with van der Waals surface area (Å²) < 4.78 is 11.3. The fourth-order valence-electron chi connectivity index (χ4n) is 3.19. The van der Waals surface area contributed by atoms with E-state index in [0.29, 0.717) is 34.0 Å². The van der Waals surface area contributed by atoms with Gasteiger partial charge < -0.3 is 9.47 Å². The van der Waals surface area contributed by atoms with Gasteiger partial charge in [0.05, 0.1) is 17.7 Å². The van der Waals surface area contributed by atoms with E-state index in [1.807, 2.05) is 18.2 Å². The van der Waals surface area contributed by atoms with E-state index < -0.39 is 4.92 Å². The molecule has 0 spiro atoms. The van der Waals surface area contributed by atoms with Crippen LogP contribution < -0.4 is 14.8 Å². The van der Waals surface area contributed by atoms with E-state index in [4.69, 9.17) is 21.1 Å². The Labute approximate surface area is 215 Å². The molecule has 1 aromatic heterocycles. The van der Waals surface area contributed by atoms with Gasteiger partial charge in [-0.15, -0.1) is 11.3 Å². The van der Waals surface area contributed by atoms with Crippen LogP contribution in [0, 0.1) is 10.1 Å². The number of amides is 1. The van der Waals surface area contributed by atoms with Crippen LogP contribution >= 0.6 is 22.9 Å². The molecule has 1 heterocycles. The molecule has 4 rings (SSSR count). The van der Waals surface area contributed by atoms with Crippen LogP contribution in [-0.4, -0.2) is 22.9 Å². The van der Waals surface area contributed by atoms with Crippen molar-refractivity contribution in [1.82, 2.24) is 4.98 Å². The fraction of sp³-hybridized carbons (Fsp3) is 0.0769. The molecule has 10 heteroatoms. The van der Waals surface area contributed by atoms with Gasteiger partial charge >= 0.3 is 0 Å². The SMILES string of the molecule is COc1cc(C=CC(=O)Nc2nc(-c3ccc([N+](=O)[O-])cc3)cs2)ccc1OCc1ccc(Cl)cc1. The molecule has 0 radical (unpaired) electrons. The minimum Gasteiger partial charge on any atom is -0.493 e. The molecule has 4 aromatic rings. The molecule has 0 unspecified atom stereocenters. The summed E-state index contributed by atoms with van der Waals surface area (Å²) in [6.07, 6.45) is 3.06. The number of carbonyl (C=O) groups is 1. The molecule has 0 fully saturated rings. The van der Waals surface area contributed by atoms with Crippen LogP contribution in [0.4, 0.5) is 10.8 Å². The number of carbonyl (C=O) groups excluding carboxylic acids is 1. The van der Waals surface area contributed by atoms with Crippen molar-refractivity contribution in [2.75, 3.05) is 12.4 Å². The summed E-state index contributed by atoms with van der Waals surface area (Å²) in [6, 6.07) is 18.8. The van der Waals surface area contributed by atoms with Crippen molar-refractivity contribution in [3.05, 3.63) is 104 Å². The second-order valence-electron chi connectivity index (χ2n) is 7.49. The van der Waals surface area contributed by atoms with Crippen molar-refractivity contribution in [1.29, 1.82) is 0 Å². The molecule has 0 aliphatic carbocycles. The van der Waals surface area contributed by atoms with Crippen molar-refractivity contribution < 1.29 is 19.2 Å². The molecule has 36 heavy (non-hydrogen) atoms. The Kier molecular flexibility index (Phi) is 7.94. The quantitative estimate of drug-likeness (QED) is 0.151. The number of anilines is 1. The van der Waals surface area contributed by atoms with Crippen LogP contribution in [0.5, 0.6) is 11.5 Å². The molecule has 0 atom stereocenters. The normalized spacial score (nSPS) is 10.8. The number of hydrogen-bond acceptors (Lipinski definition) is 7. The molecule has 1 N–H and O–H groups in total. The van der Waals surface area contributed by atoms with E-state index in [0.717, 1.165) is 16.7 Å². The van der Waals surface area contributed by atoms with Crippen LogP contribution in [0.25, 0.3) is 17.3 Å². The number of benzene rings is 3. The molecule has 1 amide bonds. The average molecular weight is 522 g/mol. The zero-order valence-corrected chi connectivity index (χ0v) is 20.6. The minimum absolute atomic E-state index is 0.00502. The minimum atomic E-state index is -0.458. The smallest absolute Gasteiger partial charge is 0.269 e. The van der Waals surface area contributed by atoms with Crippen molar-refractivity contribution in [2.45, 2.75) is 6.61 Å². The van der Waals surface area contributed by atoms with Gasteiger partial charge in [-0.25, -0.2) is 4.98 Å². The van der Waals surface area contributed by atoms with Gasteiger partial charge in [0.1, 0.15) is 6.61 Å². The van der Waals surface area contributed by atoms with Gasteiger partial charge in [-0.2, -0.15) is 0 Å². The number of aromatic nitrogens is 1. The summed E-state index contributed by atoms with van der Waals surface area (Å²) in [6.45, 7) is 0.362. The number of nitro groups is 1. The van der Waals surface area contributed by atoms with Gasteiger partial charge in [0.25, 0.3) is 5.69 Å². The lowest BCUT2D eigenvalue weighted by molar-refractivity contribution is -0.384. The van der Waals surface area contributed by atoms with Crippen molar-refractivity contribution >= 4 is 45.7 Å². The molecule has 0 aliphatic rings. The van der Waals surface area contributed by atoms with Gasteiger partial charge in [-0.05, 0) is 53.6 Å². The number of non-ortho nitro benzene ring substituents is 1. The first-order valence-corrected chi connectivity index (χ1v) is 11.9. The molecule has 182 valence electrons. The molecule has 0 aliphatic heterocycles. The molecule has 0 saturated heterocycles. The Balaban J connectivity index is 1.36. The lowest BCUT2D eigenvalue weighted by atomic mass is 10.1. The lowest BCUT2D eigenvalue weighted by Crippen LogP contribution is -2.07. The first kappa shape index (κ1) is 24.9. The molecular weight excluding hydrogens is 502 g/mol. The summed E-state index contributed by atoms with van der Waals surface area (Å²) in [5.41, 5.74) is 3.07. The summed E-state index contributed by atoms with van der Waals surface area (Å²) in [4.78, 5) is 27.1. The molecule has 0 saturated carbocycles. The predicted octanol–water partition coefficient (Wildman–Crippen LogP) is 6.61. The van der Waals surface area contributed by atoms with Crippen LogP contribution in [0.1, 0.15) is 11.1 Å². The standard InChI is InChI=1S/C26H20ClN3O5S/c1-34-24-14-17(4-12-23(24)35-15-18-2-8-20(27)9-3-18)5-13-25(31)29-26-28-22(16-36-26)19-6-10-21(11-7-19)30(32)33/h2-14,16H,15H2,1H3,(H,28,29,31). The van der Waals surface area contributed by atoms with Gasteiger partial charge in [-0.1, -0.05) is 29.8 Å². The van der Waals surface area contributed by atoms with Crippen molar-refractivity contribution in [3.8, 4) is 22.8 Å². The summed E-state index contributed by atoms with van der Waals surface area (Å²) in [5.74, 6) is 0.774. The monoisotopic (exact) mass is 521 g/mol. The summed E-state index contributed by atoms with van der Waals surface area (Å²) in [7, 11) is 1.55. The maximum absolute atomic E-state index is 12.4. The predicted molar refractivity (Wildman–Crippen MR) is 141 cm³/mol. The Bertz CT molecular complexity index is 1400. The second kappa shape index (κ2) is 11.5. The van der Waals surface area contributed by atoms with Crippen LogP contribution in [0.2, 0.25) is 5.02 Å². The second-order valence-corrected chi connectivity index (χ2v) is 8.78. The summed E-state index contributed by atoms with van der Waals surface area (Å²) >= 11 is 7.18. The van der Waals surface area contributed by atoms with Gasteiger partial charge in [0.15, 0.2) is 16.6 Å². The lowest BCUT2D eigenvalue weighted by Gasteiger charge is -2.11. The Hall–Kier alpha value is -4.21.